The van der Waals surface area contributed by atoms with Gasteiger partial charge in [0.05, 0.1) is 0 Å². The number of halogens is 3. The predicted molar refractivity (Wildman–Crippen MR) is 60.1 cm³/mol. The highest BCUT2D eigenvalue weighted by molar-refractivity contribution is 5.91. The number of nitrogens with two attached hydrogens (primary N) is 1. The van der Waals surface area contributed by atoms with Gasteiger partial charge in [-0.3, -0.25) is 9.89 Å². The molecule has 106 valence electrons. The van der Waals surface area contributed by atoms with Gasteiger partial charge in [-0.2, -0.15) is 18.2 Å². The number of nitrogens with one attached hydrogen (secondary N) is 1. The van der Waals surface area contributed by atoms with Crippen molar-refractivity contribution in [3.63, 3.8) is 0 Å². The average Bonchev–Trinajstić information content (AvgIpc) is 3.06. The summed E-state index contributed by atoms with van der Waals surface area (Å²) in [5, 5.41) is 5.69. The van der Waals surface area contributed by atoms with Crippen LogP contribution in [0, 0.1) is 5.92 Å². The van der Waals surface area contributed by atoms with Gasteiger partial charge in [-0.25, -0.2) is 0 Å². The molecule has 2 rings (SSSR count). The SMILES string of the molecule is CC(C1CC1)N(CC(F)(F)F)C(=O)c1nc(N)n[nH]1. The first-order valence-electron chi connectivity index (χ1n) is 5.83. The zero-order valence-electron chi connectivity index (χ0n) is 10.2. The van der Waals surface area contributed by atoms with Gasteiger partial charge >= 0.3 is 6.18 Å². The third kappa shape index (κ3) is 3.36. The van der Waals surface area contributed by atoms with Crippen molar-refractivity contribution in [2.24, 2.45) is 5.92 Å². The second kappa shape index (κ2) is 4.71. The number of aromatic nitrogens is 3. The van der Waals surface area contributed by atoms with Crippen LogP contribution in [0.3, 0.4) is 0 Å². The molecule has 1 aromatic rings. The molecule has 0 saturated heterocycles. The summed E-state index contributed by atoms with van der Waals surface area (Å²) in [6.07, 6.45) is -2.78. The number of carbonyl (C=O) groups excluding carboxylic acids is 1. The number of alkyl halides is 3. The van der Waals surface area contributed by atoms with E-state index in [9.17, 15) is 18.0 Å². The van der Waals surface area contributed by atoms with Crippen LogP contribution in [0.5, 0.6) is 0 Å². The van der Waals surface area contributed by atoms with Gasteiger partial charge in [-0.05, 0) is 25.7 Å². The van der Waals surface area contributed by atoms with Crippen molar-refractivity contribution < 1.29 is 18.0 Å². The summed E-state index contributed by atoms with van der Waals surface area (Å²) in [5.74, 6) is -1.16. The highest BCUT2D eigenvalue weighted by Crippen LogP contribution is 2.36. The highest BCUT2D eigenvalue weighted by atomic mass is 19.4. The van der Waals surface area contributed by atoms with Crippen molar-refractivity contribution in [3.8, 4) is 0 Å². The minimum atomic E-state index is -4.45. The van der Waals surface area contributed by atoms with Gasteiger partial charge in [0, 0.05) is 6.04 Å². The Balaban J connectivity index is 2.18. The van der Waals surface area contributed by atoms with Crippen LogP contribution < -0.4 is 5.73 Å². The molecule has 0 aromatic carbocycles. The van der Waals surface area contributed by atoms with E-state index in [4.69, 9.17) is 5.73 Å². The van der Waals surface area contributed by atoms with E-state index in [0.717, 1.165) is 17.7 Å². The molecule has 1 atom stereocenters. The molecule has 1 aliphatic carbocycles. The zero-order chi connectivity index (χ0) is 14.2. The molecule has 3 N–H and O–H groups in total. The van der Waals surface area contributed by atoms with E-state index in [1.54, 1.807) is 6.92 Å². The van der Waals surface area contributed by atoms with E-state index in [1.807, 2.05) is 0 Å². The minimum Gasteiger partial charge on any atom is -0.366 e. The number of aromatic amines is 1. The Bertz CT molecular complexity index is 468. The van der Waals surface area contributed by atoms with Gasteiger partial charge in [0.1, 0.15) is 6.54 Å². The number of rotatable bonds is 4. The van der Waals surface area contributed by atoms with Crippen LogP contribution in [-0.2, 0) is 0 Å². The Morgan fingerprint density at radius 1 is 1.58 bits per heavy atom. The minimum absolute atomic E-state index is 0.117. The molecule has 0 aliphatic heterocycles. The highest BCUT2D eigenvalue weighted by Gasteiger charge is 2.41. The van der Waals surface area contributed by atoms with Gasteiger partial charge < -0.3 is 10.6 Å². The molecule has 1 aromatic heterocycles. The summed E-state index contributed by atoms with van der Waals surface area (Å²) in [4.78, 5) is 16.4. The number of nitrogens with zero attached hydrogens (tertiary/aromatic N) is 3. The molecular weight excluding hydrogens is 263 g/mol. The van der Waals surface area contributed by atoms with Crippen molar-refractivity contribution in [2.75, 3.05) is 12.3 Å². The number of amides is 1. The Morgan fingerprint density at radius 3 is 2.63 bits per heavy atom. The van der Waals surface area contributed by atoms with Crippen LogP contribution >= 0.6 is 0 Å². The van der Waals surface area contributed by atoms with Crippen LogP contribution in [0.4, 0.5) is 19.1 Å². The van der Waals surface area contributed by atoms with Gasteiger partial charge in [-0.1, -0.05) is 0 Å². The zero-order valence-corrected chi connectivity index (χ0v) is 10.2. The fourth-order valence-electron chi connectivity index (χ4n) is 1.93. The lowest BCUT2D eigenvalue weighted by molar-refractivity contribution is -0.144. The van der Waals surface area contributed by atoms with E-state index < -0.39 is 24.7 Å². The average molecular weight is 277 g/mol. The molecule has 1 aliphatic rings. The predicted octanol–water partition coefficient (Wildman–Crippen LogP) is 1.19. The number of carbonyl (C=O) groups is 1. The first kappa shape index (κ1) is 13.6. The van der Waals surface area contributed by atoms with Crippen molar-refractivity contribution in [1.82, 2.24) is 20.1 Å². The van der Waals surface area contributed by atoms with Crippen LogP contribution in [0.25, 0.3) is 0 Å². The molecule has 1 amide bonds. The summed E-state index contributed by atoms with van der Waals surface area (Å²) in [6, 6.07) is -0.486. The Labute approximate surface area is 107 Å². The normalized spacial score (nSPS) is 17.3. The van der Waals surface area contributed by atoms with Gasteiger partial charge in [0.2, 0.25) is 11.8 Å². The summed E-state index contributed by atoms with van der Waals surface area (Å²) >= 11 is 0. The second-order valence-electron chi connectivity index (χ2n) is 4.67. The van der Waals surface area contributed by atoms with E-state index in [-0.39, 0.29) is 17.7 Å². The Morgan fingerprint density at radius 2 is 2.21 bits per heavy atom. The van der Waals surface area contributed by atoms with Crippen LogP contribution in [0.1, 0.15) is 30.4 Å². The largest absolute Gasteiger partial charge is 0.406 e. The van der Waals surface area contributed by atoms with Crippen molar-refractivity contribution in [1.29, 1.82) is 0 Å². The number of nitrogen functional groups attached to an aromatic ring is 1. The fraction of sp³-hybridized carbons (Fsp3) is 0.700. The monoisotopic (exact) mass is 277 g/mol. The van der Waals surface area contributed by atoms with Crippen LogP contribution in [0.15, 0.2) is 0 Å². The summed E-state index contributed by atoms with van der Waals surface area (Å²) in [7, 11) is 0. The number of hydrogen-bond donors (Lipinski definition) is 2. The lowest BCUT2D eigenvalue weighted by atomic mass is 10.1. The molecule has 9 heteroatoms. The first-order valence-corrected chi connectivity index (χ1v) is 5.83. The van der Waals surface area contributed by atoms with E-state index in [1.165, 1.54) is 0 Å². The standard InChI is InChI=1S/C10H14F3N5O/c1-5(6-2-3-6)18(4-10(11,12)13)8(19)7-15-9(14)17-16-7/h5-6H,2-4H2,1H3,(H3,14,15,16,17). The van der Waals surface area contributed by atoms with Gasteiger partial charge in [0.15, 0.2) is 0 Å². The van der Waals surface area contributed by atoms with Crippen LogP contribution in [-0.4, -0.2) is 44.8 Å². The first-order chi connectivity index (χ1) is 8.78. The molecule has 1 fully saturated rings. The quantitative estimate of drug-likeness (QED) is 0.865. The van der Waals surface area contributed by atoms with Gasteiger partial charge in [-0.15, -0.1) is 5.10 Å². The topological polar surface area (TPSA) is 87.9 Å². The maximum absolute atomic E-state index is 12.6. The van der Waals surface area contributed by atoms with Crippen LogP contribution in [0.2, 0.25) is 0 Å². The summed E-state index contributed by atoms with van der Waals surface area (Å²) in [6.45, 7) is 0.311. The number of hydrogen-bond acceptors (Lipinski definition) is 4. The summed E-state index contributed by atoms with van der Waals surface area (Å²) < 4.78 is 37.7. The Hall–Kier alpha value is -1.80. The lowest BCUT2D eigenvalue weighted by Crippen LogP contribution is -2.45. The molecule has 19 heavy (non-hydrogen) atoms. The smallest absolute Gasteiger partial charge is 0.366 e. The third-order valence-corrected chi connectivity index (χ3v) is 3.11. The Kier molecular flexibility index (Phi) is 3.38. The van der Waals surface area contributed by atoms with E-state index in [0.29, 0.717) is 0 Å². The van der Waals surface area contributed by atoms with E-state index >= 15 is 0 Å². The van der Waals surface area contributed by atoms with Gasteiger partial charge in [0.25, 0.3) is 5.91 Å². The molecule has 1 heterocycles. The lowest BCUT2D eigenvalue weighted by Gasteiger charge is -2.29. The fourth-order valence-corrected chi connectivity index (χ4v) is 1.93. The van der Waals surface area contributed by atoms with Crippen molar-refractivity contribution >= 4 is 11.9 Å². The second-order valence-corrected chi connectivity index (χ2v) is 4.67. The molecule has 0 spiro atoms. The maximum atomic E-state index is 12.6. The maximum Gasteiger partial charge on any atom is 0.406 e. The molecular formula is C10H14F3N5O. The number of H-pyrrole nitrogens is 1. The third-order valence-electron chi connectivity index (χ3n) is 3.11. The van der Waals surface area contributed by atoms with Crippen molar-refractivity contribution in [3.05, 3.63) is 5.82 Å². The van der Waals surface area contributed by atoms with E-state index in [2.05, 4.69) is 15.2 Å². The summed E-state index contributed by atoms with van der Waals surface area (Å²) in [5.41, 5.74) is 5.25. The molecule has 1 unspecified atom stereocenters. The van der Waals surface area contributed by atoms with Crippen molar-refractivity contribution in [2.45, 2.75) is 32.0 Å². The number of anilines is 1. The molecule has 0 radical (unpaired) electrons. The molecule has 1 saturated carbocycles. The molecule has 0 bridgehead atoms. The molecule has 6 nitrogen and oxygen atoms in total.